The van der Waals surface area contributed by atoms with E-state index in [-0.39, 0.29) is 12.6 Å². The standard InChI is InChI=1S/C11H21F3N2/c1-9(5-7-15-10-3-4-10)16(2)8-6-11(12,13)14/h9-10,15H,3-8H2,1-2H3. The first-order chi connectivity index (χ1) is 7.38. The van der Waals surface area contributed by atoms with Gasteiger partial charge >= 0.3 is 6.18 Å². The second kappa shape index (κ2) is 5.87. The van der Waals surface area contributed by atoms with Gasteiger partial charge in [-0.3, -0.25) is 0 Å². The highest BCUT2D eigenvalue weighted by Crippen LogP contribution is 2.20. The molecule has 1 N–H and O–H groups in total. The summed E-state index contributed by atoms with van der Waals surface area (Å²) in [5, 5.41) is 3.37. The summed E-state index contributed by atoms with van der Waals surface area (Å²) >= 11 is 0. The summed E-state index contributed by atoms with van der Waals surface area (Å²) in [4.78, 5) is 1.78. The molecule has 0 heterocycles. The third kappa shape index (κ3) is 6.33. The molecule has 1 saturated carbocycles. The molecule has 0 aliphatic heterocycles. The molecule has 0 spiro atoms. The van der Waals surface area contributed by atoms with Crippen molar-refractivity contribution in [2.45, 2.75) is 50.9 Å². The van der Waals surface area contributed by atoms with Crippen LogP contribution in [0, 0.1) is 0 Å². The lowest BCUT2D eigenvalue weighted by atomic mass is 10.2. The normalized spacial score (nSPS) is 19.1. The maximum atomic E-state index is 12.0. The predicted octanol–water partition coefficient (Wildman–Crippen LogP) is 2.40. The number of hydrogen-bond acceptors (Lipinski definition) is 2. The molecule has 16 heavy (non-hydrogen) atoms. The second-order valence-corrected chi connectivity index (χ2v) is 4.71. The van der Waals surface area contributed by atoms with Crippen LogP contribution in [0.15, 0.2) is 0 Å². The largest absolute Gasteiger partial charge is 0.390 e. The van der Waals surface area contributed by atoms with Crippen LogP contribution in [0.2, 0.25) is 0 Å². The van der Waals surface area contributed by atoms with E-state index < -0.39 is 12.6 Å². The van der Waals surface area contributed by atoms with E-state index in [4.69, 9.17) is 0 Å². The van der Waals surface area contributed by atoms with E-state index in [1.807, 2.05) is 6.92 Å². The van der Waals surface area contributed by atoms with Crippen molar-refractivity contribution < 1.29 is 13.2 Å². The van der Waals surface area contributed by atoms with Gasteiger partial charge in [0.2, 0.25) is 0 Å². The van der Waals surface area contributed by atoms with Crippen LogP contribution in [0.3, 0.4) is 0 Å². The summed E-state index contributed by atoms with van der Waals surface area (Å²) in [5.74, 6) is 0. The number of nitrogens with one attached hydrogen (secondary N) is 1. The zero-order valence-corrected chi connectivity index (χ0v) is 9.98. The van der Waals surface area contributed by atoms with Gasteiger partial charge in [0.15, 0.2) is 0 Å². The summed E-state index contributed by atoms with van der Waals surface area (Å²) in [6.45, 7) is 2.97. The molecule has 0 aromatic rings. The van der Waals surface area contributed by atoms with Crippen LogP contribution in [0.5, 0.6) is 0 Å². The molecule has 1 unspecified atom stereocenters. The van der Waals surface area contributed by atoms with Crippen molar-refractivity contribution >= 4 is 0 Å². The van der Waals surface area contributed by atoms with E-state index >= 15 is 0 Å². The average Bonchev–Trinajstić information content (AvgIpc) is 2.96. The first-order valence-electron chi connectivity index (χ1n) is 5.89. The zero-order valence-electron chi connectivity index (χ0n) is 9.98. The Bertz CT molecular complexity index is 202. The molecule has 1 fully saturated rings. The van der Waals surface area contributed by atoms with Gasteiger partial charge in [-0.1, -0.05) is 0 Å². The Hall–Kier alpha value is -0.290. The number of nitrogens with zero attached hydrogens (tertiary/aromatic N) is 1. The minimum Gasteiger partial charge on any atom is -0.314 e. The molecule has 0 saturated heterocycles. The number of rotatable bonds is 7. The van der Waals surface area contributed by atoms with Gasteiger partial charge in [-0.05, 0) is 39.8 Å². The van der Waals surface area contributed by atoms with E-state index in [1.165, 1.54) is 12.8 Å². The van der Waals surface area contributed by atoms with E-state index in [1.54, 1.807) is 11.9 Å². The molecule has 0 amide bonds. The number of hydrogen-bond donors (Lipinski definition) is 1. The first kappa shape index (κ1) is 13.8. The van der Waals surface area contributed by atoms with Crippen molar-refractivity contribution in [3.8, 4) is 0 Å². The van der Waals surface area contributed by atoms with Gasteiger partial charge in [0.25, 0.3) is 0 Å². The van der Waals surface area contributed by atoms with Crippen LogP contribution in [0.1, 0.15) is 32.6 Å². The summed E-state index contributed by atoms with van der Waals surface area (Å²) in [6.07, 6.45) is -1.36. The maximum Gasteiger partial charge on any atom is 0.390 e. The molecule has 1 aliphatic rings. The van der Waals surface area contributed by atoms with E-state index in [9.17, 15) is 13.2 Å². The van der Waals surface area contributed by atoms with Crippen LogP contribution in [0.4, 0.5) is 13.2 Å². The van der Waals surface area contributed by atoms with Crippen molar-refractivity contribution in [2.75, 3.05) is 20.1 Å². The third-order valence-corrected chi connectivity index (χ3v) is 3.07. The summed E-state index contributed by atoms with van der Waals surface area (Å²) in [5.41, 5.74) is 0. The lowest BCUT2D eigenvalue weighted by Crippen LogP contribution is -2.35. The Morgan fingerprint density at radius 2 is 2.00 bits per heavy atom. The summed E-state index contributed by atoms with van der Waals surface area (Å²) < 4.78 is 36.0. The molecular formula is C11H21F3N2. The fraction of sp³-hybridized carbons (Fsp3) is 1.00. The Balaban J connectivity index is 2.06. The van der Waals surface area contributed by atoms with Crippen molar-refractivity contribution in [1.29, 1.82) is 0 Å². The van der Waals surface area contributed by atoms with Crippen molar-refractivity contribution in [3.63, 3.8) is 0 Å². The van der Waals surface area contributed by atoms with Crippen molar-refractivity contribution in [2.24, 2.45) is 0 Å². The zero-order chi connectivity index (χ0) is 12.2. The number of halogens is 3. The fourth-order valence-corrected chi connectivity index (χ4v) is 1.53. The molecule has 5 heteroatoms. The smallest absolute Gasteiger partial charge is 0.314 e. The quantitative estimate of drug-likeness (QED) is 0.732. The topological polar surface area (TPSA) is 15.3 Å². The SMILES string of the molecule is CC(CCNC1CC1)N(C)CCC(F)(F)F. The lowest BCUT2D eigenvalue weighted by molar-refractivity contribution is -0.138. The molecule has 2 nitrogen and oxygen atoms in total. The monoisotopic (exact) mass is 238 g/mol. The van der Waals surface area contributed by atoms with Crippen LogP contribution in [-0.4, -0.2) is 43.3 Å². The van der Waals surface area contributed by atoms with E-state index in [2.05, 4.69) is 5.32 Å². The minimum absolute atomic E-state index is 0.0914. The van der Waals surface area contributed by atoms with Gasteiger partial charge in [-0.2, -0.15) is 13.2 Å². The second-order valence-electron chi connectivity index (χ2n) is 4.71. The van der Waals surface area contributed by atoms with Gasteiger partial charge in [0, 0.05) is 18.6 Å². The summed E-state index contributed by atoms with van der Waals surface area (Å²) in [7, 11) is 1.76. The van der Waals surface area contributed by atoms with Gasteiger partial charge in [-0.25, -0.2) is 0 Å². The van der Waals surface area contributed by atoms with E-state index in [0.29, 0.717) is 6.04 Å². The minimum atomic E-state index is -4.04. The highest BCUT2D eigenvalue weighted by molar-refractivity contribution is 4.81. The Morgan fingerprint density at radius 3 is 2.50 bits per heavy atom. The third-order valence-electron chi connectivity index (χ3n) is 3.07. The predicted molar refractivity (Wildman–Crippen MR) is 58.4 cm³/mol. The van der Waals surface area contributed by atoms with Crippen molar-refractivity contribution in [3.05, 3.63) is 0 Å². The highest BCUT2D eigenvalue weighted by atomic mass is 19.4. The van der Waals surface area contributed by atoms with Crippen molar-refractivity contribution in [1.82, 2.24) is 10.2 Å². The molecule has 96 valence electrons. The molecule has 1 rings (SSSR count). The molecule has 0 bridgehead atoms. The van der Waals surface area contributed by atoms with Gasteiger partial charge in [-0.15, -0.1) is 0 Å². The van der Waals surface area contributed by atoms with Crippen LogP contribution in [0.25, 0.3) is 0 Å². The molecule has 1 atom stereocenters. The molecule has 0 radical (unpaired) electrons. The van der Waals surface area contributed by atoms with Crippen LogP contribution in [-0.2, 0) is 0 Å². The molecule has 0 aromatic carbocycles. The van der Waals surface area contributed by atoms with E-state index in [0.717, 1.165) is 13.0 Å². The first-order valence-corrected chi connectivity index (χ1v) is 5.89. The average molecular weight is 238 g/mol. The van der Waals surface area contributed by atoms with Crippen LogP contribution >= 0.6 is 0 Å². The van der Waals surface area contributed by atoms with Gasteiger partial charge < -0.3 is 10.2 Å². The molecule has 0 aromatic heterocycles. The molecule has 1 aliphatic carbocycles. The maximum absolute atomic E-state index is 12.0. The number of alkyl halides is 3. The summed E-state index contributed by atoms with van der Waals surface area (Å²) in [6, 6.07) is 0.876. The van der Waals surface area contributed by atoms with Crippen LogP contribution < -0.4 is 5.32 Å². The van der Waals surface area contributed by atoms with Gasteiger partial charge in [0.1, 0.15) is 0 Å². The molecular weight excluding hydrogens is 217 g/mol. The Labute approximate surface area is 95.2 Å². The van der Waals surface area contributed by atoms with Gasteiger partial charge in [0.05, 0.1) is 6.42 Å². The Kier molecular flexibility index (Phi) is 5.05. The lowest BCUT2D eigenvalue weighted by Gasteiger charge is -2.25. The Morgan fingerprint density at radius 1 is 1.38 bits per heavy atom. The fourth-order valence-electron chi connectivity index (χ4n) is 1.53. The highest BCUT2D eigenvalue weighted by Gasteiger charge is 2.28.